The van der Waals surface area contributed by atoms with E-state index in [1.54, 1.807) is 6.20 Å². The highest BCUT2D eigenvalue weighted by Crippen LogP contribution is 2.42. The second kappa shape index (κ2) is 6.97. The van der Waals surface area contributed by atoms with Crippen LogP contribution in [0.4, 0.5) is 0 Å². The molecule has 7 heteroatoms. The average molecular weight is 355 g/mol. The Labute approximate surface area is 152 Å². The van der Waals surface area contributed by atoms with Crippen LogP contribution in [0.3, 0.4) is 0 Å². The summed E-state index contributed by atoms with van der Waals surface area (Å²) in [5.74, 6) is 1.31. The Morgan fingerprint density at radius 1 is 1.38 bits per heavy atom. The van der Waals surface area contributed by atoms with Gasteiger partial charge in [-0.3, -0.25) is 9.59 Å². The molecule has 2 aromatic rings. The molecule has 138 valence electrons. The molecule has 2 atom stereocenters. The number of rotatable bonds is 6. The van der Waals surface area contributed by atoms with Crippen LogP contribution in [-0.2, 0) is 23.1 Å². The summed E-state index contributed by atoms with van der Waals surface area (Å²) in [6, 6.07) is 4.07. The lowest BCUT2D eigenvalue weighted by Gasteiger charge is -2.41. The third kappa shape index (κ3) is 3.38. The number of carbonyl (C=O) groups excluding carboxylic acids is 2. The van der Waals surface area contributed by atoms with Gasteiger partial charge in [0.05, 0.1) is 12.5 Å². The van der Waals surface area contributed by atoms with Crippen molar-refractivity contribution in [3.63, 3.8) is 0 Å². The molecule has 0 unspecified atom stereocenters. The van der Waals surface area contributed by atoms with Gasteiger partial charge in [-0.2, -0.15) is 0 Å². The van der Waals surface area contributed by atoms with Crippen molar-refractivity contribution < 1.29 is 9.59 Å². The molecule has 1 aliphatic heterocycles. The Morgan fingerprint density at radius 2 is 2.23 bits per heavy atom. The van der Waals surface area contributed by atoms with Crippen LogP contribution in [0.2, 0.25) is 0 Å². The molecule has 4 rings (SSSR count). The van der Waals surface area contributed by atoms with Crippen LogP contribution < -0.4 is 5.32 Å². The van der Waals surface area contributed by atoms with Crippen molar-refractivity contribution in [2.75, 3.05) is 6.54 Å². The van der Waals surface area contributed by atoms with Gasteiger partial charge < -0.3 is 19.8 Å². The minimum Gasteiger partial charge on any atom is -0.365 e. The lowest BCUT2D eigenvalue weighted by molar-refractivity contribution is -0.140. The number of hydrogen-bond acceptors (Lipinski definition) is 3. The number of aryl methyl sites for hydroxylation is 1. The highest BCUT2D eigenvalue weighted by atomic mass is 16.2. The van der Waals surface area contributed by atoms with Crippen LogP contribution in [0.1, 0.15) is 43.2 Å². The summed E-state index contributed by atoms with van der Waals surface area (Å²) in [7, 11) is 1.97. The predicted molar refractivity (Wildman–Crippen MR) is 96.0 cm³/mol. The summed E-state index contributed by atoms with van der Waals surface area (Å²) in [6.45, 7) is 0.563. The van der Waals surface area contributed by atoms with Gasteiger partial charge in [0.2, 0.25) is 11.8 Å². The van der Waals surface area contributed by atoms with Crippen LogP contribution in [0.15, 0.2) is 30.7 Å². The maximum Gasteiger partial charge on any atom is 0.225 e. The maximum absolute atomic E-state index is 12.6. The second-order valence-electron chi connectivity index (χ2n) is 7.35. The van der Waals surface area contributed by atoms with Gasteiger partial charge in [0.1, 0.15) is 5.82 Å². The Kier molecular flexibility index (Phi) is 4.53. The molecule has 26 heavy (non-hydrogen) atoms. The van der Waals surface area contributed by atoms with Crippen molar-refractivity contribution in [3.8, 4) is 0 Å². The van der Waals surface area contributed by atoms with E-state index in [9.17, 15) is 9.59 Å². The monoisotopic (exact) mass is 355 g/mol. The van der Waals surface area contributed by atoms with Crippen molar-refractivity contribution in [3.05, 3.63) is 42.2 Å². The zero-order valence-corrected chi connectivity index (χ0v) is 15.0. The van der Waals surface area contributed by atoms with Crippen molar-refractivity contribution in [1.29, 1.82) is 0 Å². The number of nitrogens with zero attached hydrogens (tertiary/aromatic N) is 3. The SMILES string of the molecule is Cn1ccnc1[C@@H]1[C@@H](CNC(=O)Cc2ccc[nH]2)CCC(=O)N1C1CC1. The number of aromatic nitrogens is 3. The van der Waals surface area contributed by atoms with Crippen molar-refractivity contribution in [2.45, 2.75) is 44.2 Å². The highest BCUT2D eigenvalue weighted by Gasteiger charge is 2.45. The molecular formula is C19H25N5O2. The summed E-state index contributed by atoms with van der Waals surface area (Å²) in [5, 5.41) is 3.06. The molecule has 1 saturated heterocycles. The van der Waals surface area contributed by atoms with E-state index in [1.807, 2.05) is 41.0 Å². The number of likely N-dealkylation sites (tertiary alicyclic amines) is 1. The highest BCUT2D eigenvalue weighted by molar-refractivity contribution is 5.79. The molecule has 0 aromatic carbocycles. The van der Waals surface area contributed by atoms with Crippen LogP contribution in [0.25, 0.3) is 0 Å². The number of hydrogen-bond donors (Lipinski definition) is 2. The Bertz CT molecular complexity index is 778. The van der Waals surface area contributed by atoms with Crippen molar-refractivity contribution in [2.24, 2.45) is 13.0 Å². The quantitative estimate of drug-likeness (QED) is 0.825. The predicted octanol–water partition coefficient (Wildman–Crippen LogP) is 1.55. The van der Waals surface area contributed by atoms with Gasteiger partial charge in [0, 0.05) is 56.3 Å². The molecule has 0 bridgehead atoms. The van der Waals surface area contributed by atoms with E-state index in [0.29, 0.717) is 25.4 Å². The number of piperidine rings is 1. The molecule has 2 N–H and O–H groups in total. The number of carbonyl (C=O) groups is 2. The second-order valence-corrected chi connectivity index (χ2v) is 7.35. The molecule has 3 heterocycles. The fourth-order valence-corrected chi connectivity index (χ4v) is 3.93. The Hall–Kier alpha value is -2.57. The zero-order valence-electron chi connectivity index (χ0n) is 15.0. The smallest absolute Gasteiger partial charge is 0.225 e. The van der Waals surface area contributed by atoms with E-state index < -0.39 is 0 Å². The zero-order chi connectivity index (χ0) is 18.1. The van der Waals surface area contributed by atoms with E-state index >= 15 is 0 Å². The fourth-order valence-electron chi connectivity index (χ4n) is 3.93. The molecule has 1 aliphatic carbocycles. The van der Waals surface area contributed by atoms with Gasteiger partial charge in [-0.25, -0.2) is 4.98 Å². The van der Waals surface area contributed by atoms with Crippen LogP contribution >= 0.6 is 0 Å². The maximum atomic E-state index is 12.6. The molecule has 2 aromatic heterocycles. The molecule has 1 saturated carbocycles. The van der Waals surface area contributed by atoms with E-state index in [0.717, 1.165) is 30.8 Å². The number of amides is 2. The number of imidazole rings is 1. The van der Waals surface area contributed by atoms with E-state index in [-0.39, 0.29) is 23.8 Å². The standard InChI is InChI=1S/C19H25N5O2/c1-23-10-9-21-19(23)18-13(4-7-17(26)24(18)15-5-6-15)12-22-16(25)11-14-3-2-8-20-14/h2-3,8-10,13,15,18,20H,4-7,11-12H2,1H3,(H,22,25)/t13-,18+/m1/s1. The average Bonchev–Trinajstić information content (AvgIpc) is 3.16. The molecular weight excluding hydrogens is 330 g/mol. The summed E-state index contributed by atoms with van der Waals surface area (Å²) in [6.07, 6.45) is 9.33. The summed E-state index contributed by atoms with van der Waals surface area (Å²) in [4.78, 5) is 34.5. The Balaban J connectivity index is 1.48. The molecule has 2 amide bonds. The topological polar surface area (TPSA) is 83.0 Å². The number of H-pyrrole nitrogens is 1. The molecule has 0 radical (unpaired) electrons. The lowest BCUT2D eigenvalue weighted by atomic mass is 9.87. The van der Waals surface area contributed by atoms with Gasteiger partial charge in [0.25, 0.3) is 0 Å². The van der Waals surface area contributed by atoms with Gasteiger partial charge >= 0.3 is 0 Å². The van der Waals surface area contributed by atoms with Crippen LogP contribution in [0, 0.1) is 5.92 Å². The summed E-state index contributed by atoms with van der Waals surface area (Å²) in [5.41, 5.74) is 0.904. The minimum absolute atomic E-state index is 0.000845. The first-order chi connectivity index (χ1) is 12.6. The molecule has 2 aliphatic rings. The number of nitrogens with one attached hydrogen (secondary N) is 2. The Morgan fingerprint density at radius 3 is 2.88 bits per heavy atom. The van der Waals surface area contributed by atoms with Gasteiger partial charge in [-0.05, 0) is 31.4 Å². The first kappa shape index (κ1) is 16.9. The third-order valence-electron chi connectivity index (χ3n) is 5.40. The van der Waals surface area contributed by atoms with Gasteiger partial charge in [-0.1, -0.05) is 0 Å². The van der Waals surface area contributed by atoms with E-state index in [1.165, 1.54) is 0 Å². The largest absolute Gasteiger partial charge is 0.365 e. The normalized spacial score (nSPS) is 23.3. The van der Waals surface area contributed by atoms with E-state index in [4.69, 9.17) is 0 Å². The van der Waals surface area contributed by atoms with Crippen LogP contribution in [0.5, 0.6) is 0 Å². The lowest BCUT2D eigenvalue weighted by Crippen LogP contribution is -2.48. The molecule has 2 fully saturated rings. The molecule has 7 nitrogen and oxygen atoms in total. The van der Waals surface area contributed by atoms with Gasteiger partial charge in [0.15, 0.2) is 0 Å². The van der Waals surface area contributed by atoms with Gasteiger partial charge in [-0.15, -0.1) is 0 Å². The summed E-state index contributed by atoms with van der Waals surface area (Å²) < 4.78 is 1.99. The summed E-state index contributed by atoms with van der Waals surface area (Å²) >= 11 is 0. The van der Waals surface area contributed by atoms with E-state index in [2.05, 4.69) is 15.3 Å². The third-order valence-corrected chi connectivity index (χ3v) is 5.40. The van der Waals surface area contributed by atoms with Crippen LogP contribution in [-0.4, -0.2) is 43.8 Å². The van der Waals surface area contributed by atoms with Crippen molar-refractivity contribution in [1.82, 2.24) is 24.8 Å². The first-order valence-electron chi connectivity index (χ1n) is 9.31. The number of aromatic amines is 1. The first-order valence-corrected chi connectivity index (χ1v) is 9.31. The minimum atomic E-state index is -0.0606. The van der Waals surface area contributed by atoms with Crippen molar-refractivity contribution >= 4 is 11.8 Å². The fraction of sp³-hybridized carbons (Fsp3) is 0.526. The molecule has 0 spiro atoms.